The number of benzene rings is 2. The monoisotopic (exact) mass is 404 g/mol. The molecule has 0 aliphatic rings. The van der Waals surface area contributed by atoms with Crippen LogP contribution < -0.4 is 10.0 Å². The van der Waals surface area contributed by atoms with Crippen LogP contribution in [-0.4, -0.2) is 32.8 Å². The first-order valence-electron chi connectivity index (χ1n) is 7.30. The number of hydrogen-bond donors (Lipinski definition) is 2. The number of carbonyl (C=O) groups excluding carboxylic acids is 1. The van der Waals surface area contributed by atoms with Crippen molar-refractivity contribution in [3.63, 3.8) is 0 Å². The molecule has 0 aliphatic heterocycles. The summed E-state index contributed by atoms with van der Waals surface area (Å²) >= 11 is 1.34. The van der Waals surface area contributed by atoms with E-state index in [1.807, 2.05) is 30.3 Å². The van der Waals surface area contributed by atoms with Gasteiger partial charge in [-0.2, -0.15) is 13.2 Å². The first-order chi connectivity index (χ1) is 12.2. The fraction of sp³-hybridized carbons (Fsp3) is 0.188. The highest BCUT2D eigenvalue weighted by atomic mass is 32.2. The minimum Gasteiger partial charge on any atom is -0.325 e. The van der Waals surface area contributed by atoms with Crippen LogP contribution in [0.3, 0.4) is 0 Å². The van der Waals surface area contributed by atoms with Crippen molar-refractivity contribution in [1.29, 1.82) is 0 Å². The summed E-state index contributed by atoms with van der Waals surface area (Å²) in [6.07, 6.45) is -4.64. The van der Waals surface area contributed by atoms with Crippen LogP contribution in [0.25, 0.3) is 0 Å². The topological polar surface area (TPSA) is 75.3 Å². The molecule has 0 radical (unpaired) electrons. The van der Waals surface area contributed by atoms with Crippen LogP contribution in [0.5, 0.6) is 0 Å². The fourth-order valence-corrected chi connectivity index (χ4v) is 3.57. The Kier molecular flexibility index (Phi) is 6.68. The molecule has 0 saturated heterocycles. The molecule has 140 valence electrons. The maximum absolute atomic E-state index is 12.1. The average Bonchev–Trinajstić information content (AvgIpc) is 2.59. The molecule has 2 aromatic carbocycles. The molecule has 0 aliphatic carbocycles. The van der Waals surface area contributed by atoms with Crippen LogP contribution in [0.4, 0.5) is 18.9 Å². The highest BCUT2D eigenvalue weighted by Crippen LogP contribution is 2.19. The maximum Gasteiger partial charge on any atom is 0.402 e. The van der Waals surface area contributed by atoms with Gasteiger partial charge in [-0.05, 0) is 36.4 Å². The Balaban J connectivity index is 1.91. The number of anilines is 1. The standard InChI is InChI=1S/C16H15F3N2O3S2/c17-16(18,19)11-20-26(23,24)14-8-6-12(7-9-14)21-15(22)10-25-13-4-2-1-3-5-13/h1-9,20H,10-11H2,(H,21,22). The Bertz CT molecular complexity index is 839. The molecule has 26 heavy (non-hydrogen) atoms. The Labute approximate surface area is 153 Å². The van der Waals surface area contributed by atoms with E-state index in [2.05, 4.69) is 5.32 Å². The van der Waals surface area contributed by atoms with E-state index in [-0.39, 0.29) is 16.6 Å². The minimum absolute atomic E-state index is 0.164. The number of sulfonamides is 1. The number of rotatable bonds is 7. The second-order valence-electron chi connectivity index (χ2n) is 5.11. The van der Waals surface area contributed by atoms with Crippen molar-refractivity contribution < 1.29 is 26.4 Å². The van der Waals surface area contributed by atoms with Gasteiger partial charge in [-0.1, -0.05) is 18.2 Å². The number of hydrogen-bond acceptors (Lipinski definition) is 4. The summed E-state index contributed by atoms with van der Waals surface area (Å²) in [7, 11) is -4.27. The van der Waals surface area contributed by atoms with Crippen LogP contribution in [0, 0.1) is 0 Å². The normalized spacial score (nSPS) is 12.0. The lowest BCUT2D eigenvalue weighted by atomic mass is 10.3. The van der Waals surface area contributed by atoms with Gasteiger partial charge in [-0.25, -0.2) is 13.1 Å². The van der Waals surface area contributed by atoms with Gasteiger partial charge in [-0.3, -0.25) is 4.79 Å². The number of amides is 1. The minimum atomic E-state index is -4.64. The summed E-state index contributed by atoms with van der Waals surface area (Å²) in [6, 6.07) is 14.2. The number of thioether (sulfide) groups is 1. The molecule has 1 amide bonds. The van der Waals surface area contributed by atoms with E-state index in [9.17, 15) is 26.4 Å². The van der Waals surface area contributed by atoms with Crippen LogP contribution in [0.1, 0.15) is 0 Å². The second kappa shape index (κ2) is 8.56. The predicted octanol–water partition coefficient (Wildman–Crippen LogP) is 3.26. The van der Waals surface area contributed by atoms with Crippen LogP contribution in [0.2, 0.25) is 0 Å². The molecular formula is C16H15F3N2O3S2. The maximum atomic E-state index is 12.1. The number of nitrogens with one attached hydrogen (secondary N) is 2. The van der Waals surface area contributed by atoms with E-state index < -0.39 is 22.7 Å². The number of alkyl halides is 3. The smallest absolute Gasteiger partial charge is 0.325 e. The van der Waals surface area contributed by atoms with Crippen molar-refractivity contribution in [3.8, 4) is 0 Å². The zero-order valence-corrected chi connectivity index (χ0v) is 14.9. The van der Waals surface area contributed by atoms with Gasteiger partial charge in [0.1, 0.15) is 6.54 Å². The molecular weight excluding hydrogens is 389 g/mol. The highest BCUT2D eigenvalue weighted by Gasteiger charge is 2.30. The van der Waals surface area contributed by atoms with E-state index in [4.69, 9.17) is 0 Å². The zero-order valence-electron chi connectivity index (χ0n) is 13.3. The Morgan fingerprint density at radius 3 is 2.19 bits per heavy atom. The van der Waals surface area contributed by atoms with E-state index in [1.165, 1.54) is 28.6 Å². The third-order valence-corrected chi connectivity index (χ3v) is 5.45. The molecule has 0 spiro atoms. The molecule has 2 N–H and O–H groups in total. The van der Waals surface area contributed by atoms with Crippen molar-refractivity contribution in [1.82, 2.24) is 4.72 Å². The molecule has 2 rings (SSSR count). The van der Waals surface area contributed by atoms with E-state index in [0.29, 0.717) is 5.69 Å². The highest BCUT2D eigenvalue weighted by molar-refractivity contribution is 8.00. The average molecular weight is 404 g/mol. The molecule has 5 nitrogen and oxygen atoms in total. The van der Waals surface area contributed by atoms with E-state index in [1.54, 1.807) is 0 Å². The molecule has 0 unspecified atom stereocenters. The van der Waals surface area contributed by atoms with E-state index in [0.717, 1.165) is 17.0 Å². The quantitative estimate of drug-likeness (QED) is 0.695. The molecule has 0 saturated carbocycles. The van der Waals surface area contributed by atoms with Crippen molar-refractivity contribution in [3.05, 3.63) is 54.6 Å². The predicted molar refractivity (Wildman–Crippen MR) is 93.5 cm³/mol. The van der Waals surface area contributed by atoms with Gasteiger partial charge in [0.25, 0.3) is 0 Å². The van der Waals surface area contributed by atoms with E-state index >= 15 is 0 Å². The summed E-state index contributed by atoms with van der Waals surface area (Å²) in [5, 5.41) is 2.59. The third kappa shape index (κ3) is 6.70. The first-order valence-corrected chi connectivity index (χ1v) is 9.77. The molecule has 2 aromatic rings. The summed E-state index contributed by atoms with van der Waals surface area (Å²) in [5.74, 6) is -0.123. The van der Waals surface area contributed by atoms with Crippen molar-refractivity contribution in [2.45, 2.75) is 16.0 Å². The summed E-state index contributed by atoms with van der Waals surface area (Å²) in [5.41, 5.74) is 0.346. The summed E-state index contributed by atoms with van der Waals surface area (Å²) in [4.78, 5) is 12.5. The van der Waals surface area contributed by atoms with Crippen molar-refractivity contribution >= 4 is 33.4 Å². The Morgan fingerprint density at radius 2 is 1.62 bits per heavy atom. The Morgan fingerprint density at radius 1 is 1.00 bits per heavy atom. The van der Waals surface area contributed by atoms with Gasteiger partial charge in [0, 0.05) is 10.6 Å². The largest absolute Gasteiger partial charge is 0.402 e. The van der Waals surface area contributed by atoms with Crippen molar-refractivity contribution in [2.75, 3.05) is 17.6 Å². The lowest BCUT2D eigenvalue weighted by Gasteiger charge is -2.10. The molecule has 0 aromatic heterocycles. The van der Waals surface area contributed by atoms with Gasteiger partial charge >= 0.3 is 6.18 Å². The fourth-order valence-electron chi connectivity index (χ4n) is 1.84. The summed E-state index contributed by atoms with van der Waals surface area (Å²) < 4.78 is 61.4. The Hall–Kier alpha value is -2.04. The molecule has 0 heterocycles. The number of carbonyl (C=O) groups is 1. The SMILES string of the molecule is O=C(CSc1ccccc1)Nc1ccc(S(=O)(=O)NCC(F)(F)F)cc1. The summed E-state index contributed by atoms with van der Waals surface area (Å²) in [6.45, 7) is -1.65. The molecule has 0 atom stereocenters. The van der Waals surface area contributed by atoms with Gasteiger partial charge < -0.3 is 5.32 Å². The molecule has 0 fully saturated rings. The van der Waals surface area contributed by atoms with Crippen LogP contribution >= 0.6 is 11.8 Å². The van der Waals surface area contributed by atoms with Gasteiger partial charge in [0.2, 0.25) is 15.9 Å². The molecule has 10 heteroatoms. The zero-order chi connectivity index (χ0) is 19.2. The van der Waals surface area contributed by atoms with Crippen LogP contribution in [-0.2, 0) is 14.8 Å². The lowest BCUT2D eigenvalue weighted by Crippen LogP contribution is -2.33. The first kappa shape index (κ1) is 20.3. The lowest BCUT2D eigenvalue weighted by molar-refractivity contribution is -0.121. The number of halogens is 3. The third-order valence-electron chi connectivity index (χ3n) is 3.02. The second-order valence-corrected chi connectivity index (χ2v) is 7.93. The van der Waals surface area contributed by atoms with Crippen LogP contribution in [0.15, 0.2) is 64.4 Å². The van der Waals surface area contributed by atoms with Crippen molar-refractivity contribution in [2.24, 2.45) is 0 Å². The van der Waals surface area contributed by atoms with Gasteiger partial charge in [0.05, 0.1) is 10.6 Å². The molecule has 0 bridgehead atoms. The van der Waals surface area contributed by atoms with Gasteiger partial charge in [-0.15, -0.1) is 11.8 Å². The van der Waals surface area contributed by atoms with Gasteiger partial charge in [0.15, 0.2) is 0 Å².